The van der Waals surface area contributed by atoms with E-state index >= 15 is 0 Å². The van der Waals surface area contributed by atoms with Crippen LogP contribution in [0.3, 0.4) is 0 Å². The Morgan fingerprint density at radius 1 is 1.33 bits per heavy atom. The van der Waals surface area contributed by atoms with Crippen molar-refractivity contribution in [2.75, 3.05) is 6.54 Å². The van der Waals surface area contributed by atoms with Gasteiger partial charge in [-0.2, -0.15) is 0 Å². The largest absolute Gasteiger partial charge is 0.390 e. The molecule has 2 aliphatic rings. The second kappa shape index (κ2) is 2.71. The van der Waals surface area contributed by atoms with Gasteiger partial charge in [0, 0.05) is 13.0 Å². The summed E-state index contributed by atoms with van der Waals surface area (Å²) in [5.74, 6) is 0.117. The average Bonchev–Trinajstić information content (AvgIpc) is 2.41. The first-order valence-electron chi connectivity index (χ1n) is 4.36. The third-order valence-corrected chi connectivity index (χ3v) is 2.83. The maximum atomic E-state index is 11.2. The Labute approximate surface area is 70.8 Å². The normalized spacial score (nSPS) is 41.7. The fourth-order valence-electron chi connectivity index (χ4n) is 2.10. The Bertz CT molecular complexity index is 206. The second-order valence-corrected chi connectivity index (χ2v) is 3.54. The van der Waals surface area contributed by atoms with Gasteiger partial charge in [-0.05, 0) is 12.8 Å². The molecule has 4 nitrogen and oxygen atoms in total. The second-order valence-electron chi connectivity index (χ2n) is 3.54. The molecule has 2 saturated heterocycles. The van der Waals surface area contributed by atoms with Crippen LogP contribution < -0.4 is 0 Å². The van der Waals surface area contributed by atoms with E-state index in [0.29, 0.717) is 25.8 Å². The first kappa shape index (κ1) is 8.01. The minimum atomic E-state index is -0.731. The van der Waals surface area contributed by atoms with Crippen LogP contribution in [0.1, 0.15) is 19.3 Å². The summed E-state index contributed by atoms with van der Waals surface area (Å²) in [4.78, 5) is 12.9. The number of hydrogen-bond donors (Lipinski definition) is 2. The van der Waals surface area contributed by atoms with E-state index in [9.17, 15) is 15.0 Å². The number of carbonyl (C=O) groups excluding carboxylic acids is 1. The van der Waals surface area contributed by atoms with Gasteiger partial charge in [0.1, 0.15) is 6.10 Å². The van der Waals surface area contributed by atoms with Crippen molar-refractivity contribution in [2.45, 2.75) is 37.5 Å². The maximum absolute atomic E-state index is 11.2. The molecule has 0 aromatic heterocycles. The number of aliphatic hydroxyl groups excluding tert-OH is 2. The van der Waals surface area contributed by atoms with Gasteiger partial charge >= 0.3 is 0 Å². The SMILES string of the molecule is O=C1CC[C@@H]2[C@H](O)[C@H](O)CCN12. The molecule has 2 N–H and O–H groups in total. The molecule has 0 aromatic rings. The van der Waals surface area contributed by atoms with Gasteiger partial charge in [-0.3, -0.25) is 4.79 Å². The van der Waals surface area contributed by atoms with E-state index in [1.165, 1.54) is 0 Å². The molecule has 0 radical (unpaired) electrons. The summed E-state index contributed by atoms with van der Waals surface area (Å²) < 4.78 is 0. The Kier molecular flexibility index (Phi) is 1.81. The summed E-state index contributed by atoms with van der Waals surface area (Å²) in [5, 5.41) is 18.8. The van der Waals surface area contributed by atoms with Crippen LogP contribution in [0, 0.1) is 0 Å². The number of nitrogens with zero attached hydrogens (tertiary/aromatic N) is 1. The third kappa shape index (κ3) is 1.03. The van der Waals surface area contributed by atoms with Gasteiger partial charge in [-0.1, -0.05) is 0 Å². The number of piperidine rings is 1. The Morgan fingerprint density at radius 2 is 2.08 bits per heavy atom. The van der Waals surface area contributed by atoms with Gasteiger partial charge in [0.25, 0.3) is 0 Å². The molecule has 0 bridgehead atoms. The molecule has 1 amide bonds. The number of fused-ring (bicyclic) bond motifs is 1. The minimum Gasteiger partial charge on any atom is -0.390 e. The molecule has 0 aliphatic carbocycles. The van der Waals surface area contributed by atoms with Gasteiger partial charge in [0.2, 0.25) is 5.91 Å². The molecule has 4 heteroatoms. The van der Waals surface area contributed by atoms with Crippen LogP contribution >= 0.6 is 0 Å². The highest BCUT2D eigenvalue weighted by Gasteiger charge is 2.42. The predicted octanol–water partition coefficient (Wildman–Crippen LogP) is -0.897. The smallest absolute Gasteiger partial charge is 0.222 e. The molecule has 3 atom stereocenters. The molecule has 0 aromatic carbocycles. The number of carbonyl (C=O) groups is 1. The molecule has 0 spiro atoms. The molecule has 2 heterocycles. The zero-order valence-corrected chi connectivity index (χ0v) is 6.81. The van der Waals surface area contributed by atoms with Crippen molar-refractivity contribution in [3.63, 3.8) is 0 Å². The quantitative estimate of drug-likeness (QED) is 0.496. The van der Waals surface area contributed by atoms with E-state index in [2.05, 4.69) is 0 Å². The van der Waals surface area contributed by atoms with Crippen molar-refractivity contribution in [2.24, 2.45) is 0 Å². The topological polar surface area (TPSA) is 60.8 Å². The molecule has 2 fully saturated rings. The lowest BCUT2D eigenvalue weighted by atomic mass is 9.97. The molecule has 68 valence electrons. The molecule has 12 heavy (non-hydrogen) atoms. The molecular weight excluding hydrogens is 158 g/mol. The van der Waals surface area contributed by atoms with Crippen LogP contribution in [0.25, 0.3) is 0 Å². The first-order valence-corrected chi connectivity index (χ1v) is 4.36. The zero-order valence-electron chi connectivity index (χ0n) is 6.81. The number of aliphatic hydroxyl groups is 2. The molecule has 0 saturated carbocycles. The summed E-state index contributed by atoms with van der Waals surface area (Å²) in [6, 6.07) is -0.124. The van der Waals surface area contributed by atoms with Gasteiger partial charge in [-0.15, -0.1) is 0 Å². The van der Waals surface area contributed by atoms with Crippen molar-refractivity contribution in [1.82, 2.24) is 4.90 Å². The number of rotatable bonds is 0. The van der Waals surface area contributed by atoms with Crippen LogP contribution in [0.15, 0.2) is 0 Å². The van der Waals surface area contributed by atoms with Crippen LogP contribution in [-0.4, -0.2) is 45.8 Å². The fraction of sp³-hybridized carbons (Fsp3) is 0.875. The highest BCUT2D eigenvalue weighted by molar-refractivity contribution is 5.79. The minimum absolute atomic E-state index is 0.117. The van der Waals surface area contributed by atoms with Gasteiger partial charge in [-0.25, -0.2) is 0 Å². The third-order valence-electron chi connectivity index (χ3n) is 2.83. The van der Waals surface area contributed by atoms with Crippen molar-refractivity contribution in [1.29, 1.82) is 0 Å². The van der Waals surface area contributed by atoms with Crippen molar-refractivity contribution < 1.29 is 15.0 Å². The highest BCUT2D eigenvalue weighted by atomic mass is 16.3. The molecule has 2 aliphatic heterocycles. The summed E-state index contributed by atoms with van der Waals surface area (Å²) in [7, 11) is 0. The first-order chi connectivity index (χ1) is 5.70. The summed E-state index contributed by atoms with van der Waals surface area (Å²) >= 11 is 0. The summed E-state index contributed by atoms with van der Waals surface area (Å²) in [6.07, 6.45) is 0.344. The lowest BCUT2D eigenvalue weighted by Crippen LogP contribution is -2.52. The molecule has 2 rings (SSSR count). The van der Waals surface area contributed by atoms with Crippen LogP contribution in [0.4, 0.5) is 0 Å². The van der Waals surface area contributed by atoms with E-state index in [4.69, 9.17) is 0 Å². The van der Waals surface area contributed by atoms with Gasteiger partial charge in [0.05, 0.1) is 12.1 Å². The number of hydrogen-bond acceptors (Lipinski definition) is 3. The summed E-state index contributed by atoms with van der Waals surface area (Å²) in [5.41, 5.74) is 0. The predicted molar refractivity (Wildman–Crippen MR) is 41.4 cm³/mol. The van der Waals surface area contributed by atoms with Crippen molar-refractivity contribution in [3.8, 4) is 0 Å². The average molecular weight is 171 g/mol. The standard InChI is InChI=1S/C8H13NO3/c10-6-3-4-9-5(8(6)12)1-2-7(9)11/h5-6,8,10,12H,1-4H2/t5-,6-,8+/m1/s1. The van der Waals surface area contributed by atoms with Crippen LogP contribution in [0.5, 0.6) is 0 Å². The molecule has 0 unspecified atom stereocenters. The highest BCUT2D eigenvalue weighted by Crippen LogP contribution is 2.28. The van der Waals surface area contributed by atoms with Crippen molar-refractivity contribution >= 4 is 5.91 Å². The van der Waals surface area contributed by atoms with Crippen LogP contribution in [0.2, 0.25) is 0 Å². The van der Waals surface area contributed by atoms with Crippen molar-refractivity contribution in [3.05, 3.63) is 0 Å². The zero-order chi connectivity index (χ0) is 8.72. The van der Waals surface area contributed by atoms with E-state index < -0.39 is 12.2 Å². The van der Waals surface area contributed by atoms with Gasteiger partial charge < -0.3 is 15.1 Å². The summed E-state index contributed by atoms with van der Waals surface area (Å²) in [6.45, 7) is 0.599. The lowest BCUT2D eigenvalue weighted by molar-refractivity contribution is -0.136. The fourth-order valence-corrected chi connectivity index (χ4v) is 2.10. The van der Waals surface area contributed by atoms with E-state index in [1.807, 2.05) is 0 Å². The Balaban J connectivity index is 2.14. The molecular formula is C8H13NO3. The Morgan fingerprint density at radius 3 is 2.83 bits per heavy atom. The van der Waals surface area contributed by atoms with Gasteiger partial charge in [0.15, 0.2) is 0 Å². The number of amides is 1. The van der Waals surface area contributed by atoms with Crippen LogP contribution in [-0.2, 0) is 4.79 Å². The monoisotopic (exact) mass is 171 g/mol. The lowest BCUT2D eigenvalue weighted by Gasteiger charge is -2.36. The maximum Gasteiger partial charge on any atom is 0.222 e. The van der Waals surface area contributed by atoms with E-state index in [0.717, 1.165) is 0 Å². The Hall–Kier alpha value is -0.610. The van der Waals surface area contributed by atoms with E-state index in [-0.39, 0.29) is 11.9 Å². The van der Waals surface area contributed by atoms with E-state index in [1.54, 1.807) is 4.90 Å².